The summed E-state index contributed by atoms with van der Waals surface area (Å²) in [6.45, 7) is 0.274. The van der Waals surface area contributed by atoms with Crippen LogP contribution in [0.1, 0.15) is 21.6 Å². The van der Waals surface area contributed by atoms with Gasteiger partial charge in [-0.1, -0.05) is 28.1 Å². The molecule has 160 valence electrons. The second-order valence-electron chi connectivity index (χ2n) is 6.26. The van der Waals surface area contributed by atoms with E-state index in [1.165, 1.54) is 31.3 Å². The zero-order chi connectivity index (χ0) is 22.4. The van der Waals surface area contributed by atoms with Crippen LogP contribution < -0.4 is 14.9 Å². The molecule has 31 heavy (non-hydrogen) atoms. The monoisotopic (exact) mass is 487 g/mol. The van der Waals surface area contributed by atoms with Crippen LogP contribution in [0.2, 0.25) is 0 Å². The van der Waals surface area contributed by atoms with Crippen LogP contribution in [0.3, 0.4) is 0 Å². The van der Waals surface area contributed by atoms with Gasteiger partial charge in [-0.3, -0.25) is 19.6 Å². The molecule has 0 unspecified atom stereocenters. The van der Waals surface area contributed by atoms with Crippen molar-refractivity contribution in [3.63, 3.8) is 0 Å². The van der Waals surface area contributed by atoms with Crippen molar-refractivity contribution in [2.75, 3.05) is 14.2 Å². The van der Waals surface area contributed by atoms with Crippen molar-refractivity contribution >= 4 is 33.7 Å². The Balaban J connectivity index is 1.74. The Labute approximate surface area is 185 Å². The Bertz CT molecular complexity index is 1130. The average molecular weight is 488 g/mol. The number of nitrogens with one attached hydrogen (secondary N) is 1. The normalized spacial score (nSPS) is 10.8. The lowest BCUT2D eigenvalue weighted by Gasteiger charge is -2.07. The summed E-state index contributed by atoms with van der Waals surface area (Å²) in [5.74, 6) is 0.258. The van der Waals surface area contributed by atoms with Crippen LogP contribution in [0.15, 0.2) is 58.2 Å². The van der Waals surface area contributed by atoms with Gasteiger partial charge in [-0.25, -0.2) is 5.43 Å². The first-order valence-corrected chi connectivity index (χ1v) is 9.72. The molecule has 3 rings (SSSR count). The molecule has 0 spiro atoms. The lowest BCUT2D eigenvalue weighted by atomic mass is 10.2. The summed E-state index contributed by atoms with van der Waals surface area (Å²) in [6.07, 6.45) is 2.60. The van der Waals surface area contributed by atoms with Crippen molar-refractivity contribution in [1.29, 1.82) is 0 Å². The van der Waals surface area contributed by atoms with Crippen LogP contribution in [-0.4, -0.2) is 41.0 Å². The van der Waals surface area contributed by atoms with Crippen molar-refractivity contribution < 1.29 is 19.2 Å². The molecule has 1 N–H and O–H groups in total. The number of methoxy groups -OCH3 is 2. The highest BCUT2D eigenvalue weighted by Gasteiger charge is 2.25. The summed E-state index contributed by atoms with van der Waals surface area (Å²) in [6, 6.07) is 12.5. The molecule has 0 radical (unpaired) electrons. The van der Waals surface area contributed by atoms with Gasteiger partial charge in [0.15, 0.2) is 11.5 Å². The minimum atomic E-state index is -0.794. The first-order valence-electron chi connectivity index (χ1n) is 8.93. The Morgan fingerprint density at radius 3 is 2.58 bits per heavy atom. The number of nitro groups is 1. The smallest absolute Gasteiger partial charge is 0.320 e. The third-order valence-electron chi connectivity index (χ3n) is 4.20. The number of carbonyl (C=O) groups is 1. The van der Waals surface area contributed by atoms with Gasteiger partial charge in [0.25, 0.3) is 5.91 Å². The molecule has 0 aliphatic rings. The van der Waals surface area contributed by atoms with E-state index >= 15 is 0 Å². The maximum atomic E-state index is 12.4. The number of hydrogen-bond acceptors (Lipinski definition) is 7. The number of hydrogen-bond donors (Lipinski definition) is 1. The van der Waals surface area contributed by atoms with Crippen LogP contribution in [-0.2, 0) is 6.54 Å². The van der Waals surface area contributed by atoms with E-state index in [1.807, 2.05) is 24.3 Å². The minimum Gasteiger partial charge on any atom is -0.493 e. The molecule has 0 saturated carbocycles. The fourth-order valence-electron chi connectivity index (χ4n) is 2.72. The Morgan fingerprint density at radius 2 is 1.94 bits per heavy atom. The van der Waals surface area contributed by atoms with Gasteiger partial charge in [0.2, 0.25) is 5.69 Å². The van der Waals surface area contributed by atoms with Crippen molar-refractivity contribution in [1.82, 2.24) is 15.2 Å². The highest BCUT2D eigenvalue weighted by Crippen LogP contribution is 2.26. The third-order valence-corrected chi connectivity index (χ3v) is 4.73. The van der Waals surface area contributed by atoms with Gasteiger partial charge in [0, 0.05) is 4.47 Å². The summed E-state index contributed by atoms with van der Waals surface area (Å²) < 4.78 is 12.6. The van der Waals surface area contributed by atoms with E-state index < -0.39 is 16.5 Å². The Hall–Kier alpha value is -3.73. The van der Waals surface area contributed by atoms with Crippen molar-refractivity contribution in [3.8, 4) is 11.5 Å². The van der Waals surface area contributed by atoms with Crippen LogP contribution in [0.5, 0.6) is 11.5 Å². The molecule has 1 amide bonds. The van der Waals surface area contributed by atoms with Crippen LogP contribution in [0.25, 0.3) is 0 Å². The fraction of sp³-hybridized carbons (Fsp3) is 0.150. The highest BCUT2D eigenvalue weighted by molar-refractivity contribution is 9.10. The second-order valence-corrected chi connectivity index (χ2v) is 7.17. The Kier molecular flexibility index (Phi) is 6.98. The van der Waals surface area contributed by atoms with Crippen LogP contribution >= 0.6 is 15.9 Å². The molecule has 0 saturated heterocycles. The molecule has 0 bridgehead atoms. The Morgan fingerprint density at radius 1 is 1.23 bits per heavy atom. The van der Waals surface area contributed by atoms with E-state index in [0.717, 1.165) is 10.0 Å². The molecule has 2 aromatic carbocycles. The summed E-state index contributed by atoms with van der Waals surface area (Å²) in [5, 5.41) is 19.3. The topological polar surface area (TPSA) is 121 Å². The number of ether oxygens (including phenoxy) is 2. The summed E-state index contributed by atoms with van der Waals surface area (Å²) in [5.41, 5.74) is 3.04. The fourth-order valence-corrected chi connectivity index (χ4v) is 2.98. The van der Waals surface area contributed by atoms with E-state index in [0.29, 0.717) is 17.1 Å². The molecule has 11 heteroatoms. The van der Waals surface area contributed by atoms with E-state index in [4.69, 9.17) is 9.47 Å². The summed E-state index contributed by atoms with van der Waals surface area (Å²) in [7, 11) is 3.03. The van der Waals surface area contributed by atoms with Gasteiger partial charge in [0.1, 0.15) is 6.20 Å². The number of benzene rings is 2. The summed E-state index contributed by atoms with van der Waals surface area (Å²) >= 11 is 3.35. The molecule has 1 aromatic heterocycles. The van der Waals surface area contributed by atoms with Crippen molar-refractivity contribution in [2.45, 2.75) is 6.54 Å². The zero-order valence-electron chi connectivity index (χ0n) is 16.6. The lowest BCUT2D eigenvalue weighted by Crippen LogP contribution is -2.19. The number of carbonyl (C=O) groups excluding carboxylic acids is 1. The van der Waals surface area contributed by atoms with Gasteiger partial charge in [0.05, 0.1) is 31.9 Å². The number of aromatic nitrogens is 2. The highest BCUT2D eigenvalue weighted by atomic mass is 79.9. The standard InChI is InChI=1S/C20H18BrN5O5/c1-30-17-8-5-14(9-18(17)31-2)10-22-23-20(27)19-16(26(28)29)12-25(24-19)11-13-3-6-15(21)7-4-13/h3-10,12H,11H2,1-2H3,(H,23,27)/b22-10-. The molecule has 0 atom stereocenters. The van der Waals surface area contributed by atoms with Gasteiger partial charge in [-0.05, 0) is 41.5 Å². The zero-order valence-corrected chi connectivity index (χ0v) is 18.2. The quantitative estimate of drug-likeness (QED) is 0.295. The SMILES string of the molecule is COc1ccc(/C=N\NC(=O)c2nn(Cc3ccc(Br)cc3)cc2[N+](=O)[O-])cc1OC. The summed E-state index contributed by atoms with van der Waals surface area (Å²) in [4.78, 5) is 23.1. The van der Waals surface area contributed by atoms with Crippen molar-refractivity contribution in [3.05, 3.63) is 80.1 Å². The van der Waals surface area contributed by atoms with Crippen LogP contribution in [0, 0.1) is 10.1 Å². The third kappa shape index (κ3) is 5.45. The van der Waals surface area contributed by atoms with Gasteiger partial charge in [-0.15, -0.1) is 0 Å². The molecular weight excluding hydrogens is 470 g/mol. The number of halogens is 1. The predicted octanol–water partition coefficient (Wildman–Crippen LogP) is 3.38. The molecule has 0 aliphatic heterocycles. The maximum absolute atomic E-state index is 12.4. The van der Waals surface area contributed by atoms with E-state index in [9.17, 15) is 14.9 Å². The molecule has 0 fully saturated rings. The second kappa shape index (κ2) is 9.85. The lowest BCUT2D eigenvalue weighted by molar-refractivity contribution is -0.385. The molecule has 10 nitrogen and oxygen atoms in total. The number of nitrogens with zero attached hydrogens (tertiary/aromatic N) is 4. The largest absolute Gasteiger partial charge is 0.493 e. The van der Waals surface area contributed by atoms with E-state index in [-0.39, 0.29) is 12.2 Å². The molecule has 0 aliphatic carbocycles. The van der Waals surface area contributed by atoms with Gasteiger partial charge < -0.3 is 9.47 Å². The van der Waals surface area contributed by atoms with Gasteiger partial charge in [-0.2, -0.15) is 10.2 Å². The average Bonchev–Trinajstić information content (AvgIpc) is 3.19. The maximum Gasteiger partial charge on any atom is 0.320 e. The predicted molar refractivity (Wildman–Crippen MR) is 117 cm³/mol. The number of amides is 1. The van der Waals surface area contributed by atoms with Crippen LogP contribution in [0.4, 0.5) is 5.69 Å². The van der Waals surface area contributed by atoms with E-state index in [2.05, 4.69) is 31.6 Å². The van der Waals surface area contributed by atoms with Crippen molar-refractivity contribution in [2.24, 2.45) is 5.10 Å². The first-order chi connectivity index (χ1) is 14.9. The molecular formula is C20H18BrN5O5. The minimum absolute atomic E-state index is 0.274. The first kappa shape index (κ1) is 22.0. The van der Waals surface area contributed by atoms with Gasteiger partial charge >= 0.3 is 5.69 Å². The molecule has 3 aromatic rings. The number of hydrazone groups is 1. The van der Waals surface area contributed by atoms with E-state index in [1.54, 1.807) is 18.2 Å². The molecule has 1 heterocycles. The number of rotatable bonds is 8.